The molecule has 1 unspecified atom stereocenters. The molecule has 2 rings (SSSR count). The Morgan fingerprint density at radius 1 is 1.33 bits per heavy atom. The minimum Gasteiger partial charge on any atom is -0.393 e. The van der Waals surface area contributed by atoms with E-state index < -0.39 is 11.6 Å². The van der Waals surface area contributed by atoms with E-state index >= 15 is 0 Å². The van der Waals surface area contributed by atoms with Crippen LogP contribution in [-0.4, -0.2) is 39.9 Å². The van der Waals surface area contributed by atoms with Crippen LogP contribution in [-0.2, 0) is 6.54 Å². The van der Waals surface area contributed by atoms with Crippen molar-refractivity contribution in [3.8, 4) is 11.3 Å². The van der Waals surface area contributed by atoms with Crippen molar-refractivity contribution in [2.75, 3.05) is 13.6 Å². The zero-order chi connectivity index (χ0) is 15.4. The normalized spacial score (nSPS) is 12.9. The number of nitrogens with one attached hydrogen (secondary N) is 1. The van der Waals surface area contributed by atoms with Crippen molar-refractivity contribution in [1.29, 1.82) is 0 Å². The molecule has 0 saturated carbocycles. The molecule has 1 aromatic carbocycles. The molecule has 0 bridgehead atoms. The average molecular weight is 295 g/mol. The number of aromatic nitrogens is 2. The Balaban J connectivity index is 2.19. The van der Waals surface area contributed by atoms with Gasteiger partial charge in [-0.15, -0.1) is 0 Å². The van der Waals surface area contributed by atoms with Gasteiger partial charge >= 0.3 is 0 Å². The molecule has 6 heteroatoms. The average Bonchev–Trinajstić information content (AvgIpc) is 2.84. The highest BCUT2D eigenvalue weighted by atomic mass is 19.1. The van der Waals surface area contributed by atoms with Crippen molar-refractivity contribution < 1.29 is 13.9 Å². The molecule has 21 heavy (non-hydrogen) atoms. The van der Waals surface area contributed by atoms with E-state index in [1.165, 1.54) is 18.2 Å². The van der Waals surface area contributed by atoms with Crippen molar-refractivity contribution in [2.45, 2.75) is 26.0 Å². The van der Waals surface area contributed by atoms with Gasteiger partial charge in [0.15, 0.2) is 0 Å². The van der Waals surface area contributed by atoms with Crippen LogP contribution in [0.2, 0.25) is 0 Å². The number of hydrogen-bond donors (Lipinski definition) is 2. The summed E-state index contributed by atoms with van der Waals surface area (Å²) in [5.74, 6) is -1.24. The summed E-state index contributed by atoms with van der Waals surface area (Å²) in [6, 6.07) is 3.78. The molecule has 1 atom stereocenters. The van der Waals surface area contributed by atoms with Gasteiger partial charge in [-0.25, -0.2) is 8.78 Å². The number of aliphatic hydroxyl groups is 1. The third-order valence-electron chi connectivity index (χ3n) is 3.30. The van der Waals surface area contributed by atoms with Crippen LogP contribution in [0.15, 0.2) is 24.4 Å². The molecule has 4 nitrogen and oxygen atoms in total. The number of H-pyrrole nitrogens is 1. The Bertz CT molecular complexity index is 578. The summed E-state index contributed by atoms with van der Waals surface area (Å²) < 4.78 is 27.7. The fraction of sp³-hybridized carbons (Fsp3) is 0.400. The minimum atomic E-state index is -0.618. The highest BCUT2D eigenvalue weighted by Crippen LogP contribution is 2.27. The molecule has 2 aromatic rings. The first kappa shape index (κ1) is 15.6. The lowest BCUT2D eigenvalue weighted by Gasteiger charge is -2.17. The van der Waals surface area contributed by atoms with Crippen molar-refractivity contribution in [3.63, 3.8) is 0 Å². The molecule has 0 fully saturated rings. The van der Waals surface area contributed by atoms with Gasteiger partial charge in [-0.3, -0.25) is 5.10 Å². The van der Waals surface area contributed by atoms with Crippen LogP contribution in [0.5, 0.6) is 0 Å². The second kappa shape index (κ2) is 6.78. The van der Waals surface area contributed by atoms with Gasteiger partial charge in [0.25, 0.3) is 0 Å². The quantitative estimate of drug-likeness (QED) is 0.861. The lowest BCUT2D eigenvalue weighted by molar-refractivity contribution is 0.163. The van der Waals surface area contributed by atoms with Crippen molar-refractivity contribution >= 4 is 0 Å². The van der Waals surface area contributed by atoms with E-state index in [4.69, 9.17) is 0 Å². The largest absolute Gasteiger partial charge is 0.393 e. The second-order valence-corrected chi connectivity index (χ2v) is 5.24. The summed E-state index contributed by atoms with van der Waals surface area (Å²) in [5.41, 5.74) is 0.982. The third kappa shape index (κ3) is 3.86. The first-order chi connectivity index (χ1) is 9.99. The van der Waals surface area contributed by atoms with Gasteiger partial charge in [0, 0.05) is 18.7 Å². The summed E-state index contributed by atoms with van der Waals surface area (Å²) in [6.07, 6.45) is 1.83. The highest BCUT2D eigenvalue weighted by molar-refractivity contribution is 5.64. The van der Waals surface area contributed by atoms with Crippen LogP contribution in [0.1, 0.15) is 18.9 Å². The van der Waals surface area contributed by atoms with Gasteiger partial charge in [0.1, 0.15) is 11.6 Å². The zero-order valence-electron chi connectivity index (χ0n) is 12.1. The summed E-state index contributed by atoms with van der Waals surface area (Å²) in [5, 5.41) is 15.9. The van der Waals surface area contributed by atoms with E-state index in [-0.39, 0.29) is 11.7 Å². The Morgan fingerprint density at radius 3 is 2.62 bits per heavy atom. The molecule has 2 N–H and O–H groups in total. The molecule has 0 radical (unpaired) electrons. The van der Waals surface area contributed by atoms with Gasteiger partial charge < -0.3 is 10.0 Å². The van der Waals surface area contributed by atoms with Crippen LogP contribution in [0.3, 0.4) is 0 Å². The van der Waals surface area contributed by atoms with Gasteiger partial charge in [0.05, 0.1) is 23.6 Å². The van der Waals surface area contributed by atoms with Crippen LogP contribution in [0, 0.1) is 11.6 Å². The predicted molar refractivity (Wildman–Crippen MR) is 76.6 cm³/mol. The number of aliphatic hydroxyl groups excluding tert-OH is 1. The third-order valence-corrected chi connectivity index (χ3v) is 3.30. The monoisotopic (exact) mass is 295 g/mol. The Morgan fingerprint density at radius 2 is 2.00 bits per heavy atom. The molecule has 114 valence electrons. The number of benzene rings is 1. The maximum absolute atomic E-state index is 13.9. The zero-order valence-corrected chi connectivity index (χ0v) is 12.1. The topological polar surface area (TPSA) is 52.1 Å². The second-order valence-electron chi connectivity index (χ2n) is 5.24. The van der Waals surface area contributed by atoms with Crippen LogP contribution >= 0.6 is 0 Å². The minimum absolute atomic E-state index is 0.0890. The summed E-state index contributed by atoms with van der Waals surface area (Å²) in [4.78, 5) is 1.97. The van der Waals surface area contributed by atoms with Crippen LogP contribution in [0.25, 0.3) is 11.3 Å². The summed E-state index contributed by atoms with van der Waals surface area (Å²) >= 11 is 0. The lowest BCUT2D eigenvalue weighted by Crippen LogP contribution is -2.22. The molecule has 0 spiro atoms. The van der Waals surface area contributed by atoms with Crippen LogP contribution < -0.4 is 0 Å². The van der Waals surface area contributed by atoms with Crippen molar-refractivity contribution in [3.05, 3.63) is 41.6 Å². The van der Waals surface area contributed by atoms with Crippen molar-refractivity contribution in [1.82, 2.24) is 15.1 Å². The fourth-order valence-electron chi connectivity index (χ4n) is 2.16. The SMILES string of the molecule is CC(O)CCN(C)Cc1cn[nH]c1-c1c(F)cccc1F. The molecule has 0 saturated heterocycles. The Labute approximate surface area is 122 Å². The molecule has 1 aromatic heterocycles. The Hall–Kier alpha value is -1.79. The van der Waals surface area contributed by atoms with Crippen LogP contribution in [0.4, 0.5) is 8.78 Å². The molecular formula is C15H19F2N3O. The van der Waals surface area contributed by atoms with Crippen molar-refractivity contribution in [2.24, 2.45) is 0 Å². The summed E-state index contributed by atoms with van der Waals surface area (Å²) in [6.45, 7) is 2.90. The number of halogens is 2. The number of hydrogen-bond acceptors (Lipinski definition) is 3. The van der Waals surface area contributed by atoms with E-state index in [0.717, 1.165) is 0 Å². The number of nitrogens with zero attached hydrogens (tertiary/aromatic N) is 2. The van der Waals surface area contributed by atoms with E-state index in [1.807, 2.05) is 11.9 Å². The van der Waals surface area contributed by atoms with E-state index in [9.17, 15) is 13.9 Å². The lowest BCUT2D eigenvalue weighted by atomic mass is 10.1. The highest BCUT2D eigenvalue weighted by Gasteiger charge is 2.17. The number of aromatic amines is 1. The predicted octanol–water partition coefficient (Wildman–Crippen LogP) is 2.56. The van der Waals surface area contributed by atoms with Gasteiger partial charge in [-0.1, -0.05) is 6.07 Å². The van der Waals surface area contributed by atoms with E-state index in [2.05, 4.69) is 10.2 Å². The first-order valence-corrected chi connectivity index (χ1v) is 6.82. The smallest absolute Gasteiger partial charge is 0.135 e. The first-order valence-electron chi connectivity index (χ1n) is 6.82. The Kier molecular flexibility index (Phi) is 5.03. The van der Waals surface area contributed by atoms with Gasteiger partial charge in [-0.05, 0) is 32.5 Å². The standard InChI is InChI=1S/C15H19F2N3O/c1-10(21)6-7-20(2)9-11-8-18-19-15(11)14-12(16)4-3-5-13(14)17/h3-5,8,10,21H,6-7,9H2,1-2H3,(H,18,19). The summed E-state index contributed by atoms with van der Waals surface area (Å²) in [7, 11) is 1.89. The molecule has 0 aliphatic heterocycles. The molecule has 0 aliphatic carbocycles. The molecule has 0 aliphatic rings. The van der Waals surface area contributed by atoms with Gasteiger partial charge in [0.2, 0.25) is 0 Å². The molecular weight excluding hydrogens is 276 g/mol. The van der Waals surface area contributed by atoms with Gasteiger partial charge in [-0.2, -0.15) is 5.10 Å². The maximum atomic E-state index is 13.9. The maximum Gasteiger partial charge on any atom is 0.135 e. The number of rotatable bonds is 6. The van der Waals surface area contributed by atoms with E-state index in [0.29, 0.717) is 30.8 Å². The van der Waals surface area contributed by atoms with E-state index in [1.54, 1.807) is 13.1 Å². The molecule has 1 heterocycles. The fourth-order valence-corrected chi connectivity index (χ4v) is 2.16. The molecule has 0 amide bonds.